The topological polar surface area (TPSA) is 29.5 Å². The number of anilines is 1. The highest BCUT2D eigenvalue weighted by Crippen LogP contribution is 2.22. The number of rotatable bonds is 3. The molecule has 1 fully saturated rings. The number of nitrogens with zero attached hydrogens (tertiary/aromatic N) is 1. The third-order valence-corrected chi connectivity index (χ3v) is 3.02. The fourth-order valence-electron chi connectivity index (χ4n) is 2.28. The zero-order chi connectivity index (χ0) is 11.4. The zero-order valence-electron chi connectivity index (χ0n) is 9.56. The Hall–Kier alpha value is -1.35. The molecule has 1 saturated heterocycles. The molecule has 3 nitrogen and oxygen atoms in total. The molecule has 0 amide bonds. The molecule has 16 heavy (non-hydrogen) atoms. The van der Waals surface area contributed by atoms with Crippen molar-refractivity contribution in [1.82, 2.24) is 0 Å². The summed E-state index contributed by atoms with van der Waals surface area (Å²) in [6, 6.07) is 9.45. The van der Waals surface area contributed by atoms with Crippen molar-refractivity contribution in [1.29, 1.82) is 0 Å². The summed E-state index contributed by atoms with van der Waals surface area (Å²) in [4.78, 5) is 14.0. The maximum Gasteiger partial charge on any atom is 0.201 e. The minimum absolute atomic E-state index is 0.0907. The van der Waals surface area contributed by atoms with Gasteiger partial charge in [-0.25, -0.2) is 0 Å². The molecule has 0 bridgehead atoms. The van der Waals surface area contributed by atoms with Gasteiger partial charge in [0, 0.05) is 13.7 Å². The van der Waals surface area contributed by atoms with Crippen LogP contribution in [0.5, 0.6) is 0 Å². The number of ether oxygens (including phenoxy) is 1. The van der Waals surface area contributed by atoms with Crippen LogP contribution in [0.25, 0.3) is 0 Å². The maximum absolute atomic E-state index is 11.9. The number of hydrogen-bond acceptors (Lipinski definition) is 3. The first-order chi connectivity index (χ1) is 7.83. The van der Waals surface area contributed by atoms with E-state index >= 15 is 0 Å². The van der Waals surface area contributed by atoms with Gasteiger partial charge in [-0.2, -0.15) is 0 Å². The molecular weight excluding hydrogens is 202 g/mol. The van der Waals surface area contributed by atoms with Crippen LogP contribution in [0.15, 0.2) is 35.1 Å². The number of hydrogen-bond donors (Lipinski definition) is 0. The monoisotopic (exact) mass is 219 g/mol. The van der Waals surface area contributed by atoms with Crippen molar-refractivity contribution < 1.29 is 4.74 Å². The molecule has 1 heterocycles. The lowest BCUT2D eigenvalue weighted by molar-refractivity contribution is 0.181. The maximum atomic E-state index is 11.9. The Labute approximate surface area is 95.7 Å². The molecule has 1 aromatic carbocycles. The second kappa shape index (κ2) is 5.12. The normalized spacial score (nSPS) is 20.1. The van der Waals surface area contributed by atoms with Gasteiger partial charge in [0.1, 0.15) is 0 Å². The molecule has 1 atom stereocenters. The van der Waals surface area contributed by atoms with Crippen LogP contribution in [-0.2, 0) is 4.74 Å². The second-order valence-electron chi connectivity index (χ2n) is 4.10. The molecule has 0 saturated carbocycles. The van der Waals surface area contributed by atoms with Crippen LogP contribution in [0, 0.1) is 0 Å². The summed E-state index contributed by atoms with van der Waals surface area (Å²) < 4.78 is 5.20. The fraction of sp³-hybridized carbons (Fsp3) is 0.462. The zero-order valence-corrected chi connectivity index (χ0v) is 9.56. The molecule has 0 aromatic heterocycles. The predicted octanol–water partition coefficient (Wildman–Crippen LogP) is 1.66. The average molecular weight is 219 g/mol. The first-order valence-electron chi connectivity index (χ1n) is 5.68. The van der Waals surface area contributed by atoms with Crippen molar-refractivity contribution in [3.05, 3.63) is 40.6 Å². The summed E-state index contributed by atoms with van der Waals surface area (Å²) >= 11 is 0. The molecule has 0 aliphatic carbocycles. The Balaban J connectivity index is 2.30. The first-order valence-corrected chi connectivity index (χ1v) is 5.68. The Morgan fingerprint density at radius 3 is 3.00 bits per heavy atom. The highest BCUT2D eigenvalue weighted by atomic mass is 16.5. The lowest BCUT2D eigenvalue weighted by atomic mass is 10.2. The molecule has 0 N–H and O–H groups in total. The Morgan fingerprint density at radius 1 is 1.38 bits per heavy atom. The van der Waals surface area contributed by atoms with Crippen LogP contribution in [0.1, 0.15) is 12.8 Å². The molecule has 1 aromatic rings. The molecular formula is C13H17NO2. The third kappa shape index (κ3) is 2.25. The van der Waals surface area contributed by atoms with Gasteiger partial charge in [0.25, 0.3) is 0 Å². The van der Waals surface area contributed by atoms with Crippen molar-refractivity contribution in [2.75, 3.05) is 25.2 Å². The molecule has 3 heteroatoms. The largest absolute Gasteiger partial charge is 0.383 e. The van der Waals surface area contributed by atoms with Gasteiger partial charge in [-0.1, -0.05) is 18.2 Å². The van der Waals surface area contributed by atoms with E-state index in [4.69, 9.17) is 4.74 Å². The van der Waals surface area contributed by atoms with Crippen molar-refractivity contribution in [2.24, 2.45) is 0 Å². The van der Waals surface area contributed by atoms with Crippen LogP contribution in [0.2, 0.25) is 0 Å². The van der Waals surface area contributed by atoms with Gasteiger partial charge in [-0.05, 0) is 25.0 Å². The molecule has 0 radical (unpaired) electrons. The highest BCUT2D eigenvalue weighted by molar-refractivity contribution is 5.47. The highest BCUT2D eigenvalue weighted by Gasteiger charge is 2.25. The SMILES string of the molecule is COC[C@@H]1CCCN1c1cccccc1=O. The average Bonchev–Trinajstić information content (AvgIpc) is 2.61. The van der Waals surface area contributed by atoms with Crippen LogP contribution in [0.4, 0.5) is 5.69 Å². The lowest BCUT2D eigenvalue weighted by Crippen LogP contribution is -2.35. The van der Waals surface area contributed by atoms with Crippen LogP contribution < -0.4 is 10.3 Å². The van der Waals surface area contributed by atoms with E-state index in [1.807, 2.05) is 18.2 Å². The Kier molecular flexibility index (Phi) is 3.57. The summed E-state index contributed by atoms with van der Waals surface area (Å²) in [6.45, 7) is 1.64. The smallest absolute Gasteiger partial charge is 0.201 e. The van der Waals surface area contributed by atoms with E-state index in [2.05, 4.69) is 4.90 Å². The van der Waals surface area contributed by atoms with E-state index < -0.39 is 0 Å². The van der Waals surface area contributed by atoms with Crippen molar-refractivity contribution in [3.63, 3.8) is 0 Å². The van der Waals surface area contributed by atoms with Gasteiger partial charge in [-0.3, -0.25) is 4.79 Å². The molecule has 1 aliphatic heterocycles. The van der Waals surface area contributed by atoms with Gasteiger partial charge >= 0.3 is 0 Å². The summed E-state index contributed by atoms with van der Waals surface area (Å²) in [7, 11) is 1.71. The van der Waals surface area contributed by atoms with E-state index in [1.54, 1.807) is 19.2 Å². The third-order valence-electron chi connectivity index (χ3n) is 3.02. The summed E-state index contributed by atoms with van der Waals surface area (Å²) in [5.41, 5.74) is 0.887. The van der Waals surface area contributed by atoms with Gasteiger partial charge in [-0.15, -0.1) is 0 Å². The summed E-state index contributed by atoms with van der Waals surface area (Å²) in [5.74, 6) is 0. The lowest BCUT2D eigenvalue weighted by Gasteiger charge is -2.24. The van der Waals surface area contributed by atoms with E-state index in [0.29, 0.717) is 12.6 Å². The second-order valence-corrected chi connectivity index (χ2v) is 4.10. The van der Waals surface area contributed by atoms with Gasteiger partial charge in [0.2, 0.25) is 5.43 Å². The molecule has 0 unspecified atom stereocenters. The van der Waals surface area contributed by atoms with E-state index in [9.17, 15) is 4.79 Å². The van der Waals surface area contributed by atoms with E-state index in [0.717, 1.165) is 25.1 Å². The van der Waals surface area contributed by atoms with Gasteiger partial charge in [0.15, 0.2) is 0 Å². The quantitative estimate of drug-likeness (QED) is 0.774. The van der Waals surface area contributed by atoms with E-state index in [-0.39, 0.29) is 5.43 Å². The Morgan fingerprint density at radius 2 is 2.19 bits per heavy atom. The standard InChI is InChI=1S/C13H17NO2/c1-16-10-11-6-5-9-14(11)12-7-3-2-4-8-13(12)15/h2-4,7-8,11H,5-6,9-10H2,1H3/t11-/m0/s1. The molecule has 1 aliphatic rings. The fourth-order valence-corrected chi connectivity index (χ4v) is 2.28. The minimum Gasteiger partial charge on any atom is -0.383 e. The van der Waals surface area contributed by atoms with Crippen LogP contribution >= 0.6 is 0 Å². The minimum atomic E-state index is 0.0907. The van der Waals surface area contributed by atoms with Crippen molar-refractivity contribution >= 4 is 5.69 Å². The summed E-state index contributed by atoms with van der Waals surface area (Å²) in [5, 5.41) is 0. The molecule has 86 valence electrons. The van der Waals surface area contributed by atoms with Gasteiger partial charge in [0.05, 0.1) is 18.3 Å². The van der Waals surface area contributed by atoms with E-state index in [1.165, 1.54) is 0 Å². The van der Waals surface area contributed by atoms with Crippen LogP contribution in [-0.4, -0.2) is 26.3 Å². The number of methoxy groups -OCH3 is 1. The van der Waals surface area contributed by atoms with Crippen molar-refractivity contribution in [2.45, 2.75) is 18.9 Å². The Bertz CT molecular complexity index is 405. The molecule has 2 rings (SSSR count). The van der Waals surface area contributed by atoms with Crippen molar-refractivity contribution in [3.8, 4) is 0 Å². The summed E-state index contributed by atoms with van der Waals surface area (Å²) in [6.07, 6.45) is 2.23. The van der Waals surface area contributed by atoms with Gasteiger partial charge < -0.3 is 9.64 Å². The first kappa shape index (κ1) is 11.1. The molecule has 0 spiro atoms. The van der Waals surface area contributed by atoms with Crippen LogP contribution in [0.3, 0.4) is 0 Å². The predicted molar refractivity (Wildman–Crippen MR) is 65.0 cm³/mol.